The molecule has 3 aromatic rings. The Bertz CT molecular complexity index is 808. The molecule has 0 aliphatic rings. The van der Waals surface area contributed by atoms with E-state index in [1.807, 2.05) is 30.3 Å². The van der Waals surface area contributed by atoms with Gasteiger partial charge in [-0.25, -0.2) is 4.98 Å². The zero-order valence-corrected chi connectivity index (χ0v) is 10.5. The lowest BCUT2D eigenvalue weighted by Gasteiger charge is -1.97. The lowest BCUT2D eigenvalue weighted by atomic mass is 10.2. The highest BCUT2D eigenvalue weighted by atomic mass is 32.1. The smallest absolute Gasteiger partial charge is 0.264 e. The third kappa shape index (κ3) is 2.17. The Morgan fingerprint density at radius 1 is 1.21 bits per heavy atom. The fourth-order valence-electron chi connectivity index (χ4n) is 1.63. The van der Waals surface area contributed by atoms with Gasteiger partial charge in [0.05, 0.1) is 0 Å². The summed E-state index contributed by atoms with van der Waals surface area (Å²) < 4.78 is 14.8. The van der Waals surface area contributed by atoms with E-state index < -0.39 is 11.4 Å². The van der Waals surface area contributed by atoms with Gasteiger partial charge in [0, 0.05) is 0 Å². The summed E-state index contributed by atoms with van der Waals surface area (Å²) in [6.45, 7) is 0. The average molecular weight is 273 g/mol. The van der Waals surface area contributed by atoms with Gasteiger partial charge in [0.15, 0.2) is 0 Å². The Morgan fingerprint density at radius 2 is 2.00 bits per heavy atom. The van der Waals surface area contributed by atoms with Crippen LogP contribution in [0.4, 0.5) is 4.39 Å². The molecule has 19 heavy (non-hydrogen) atoms. The normalized spacial score (nSPS) is 11.4. The first-order chi connectivity index (χ1) is 9.25. The van der Waals surface area contributed by atoms with E-state index in [-0.39, 0.29) is 5.69 Å². The SMILES string of the molecule is O=c1c(F)c(/C=C/c2ccccc2)nc2scnn12. The minimum atomic E-state index is -0.893. The van der Waals surface area contributed by atoms with Crippen molar-refractivity contribution in [3.8, 4) is 0 Å². The summed E-state index contributed by atoms with van der Waals surface area (Å²) >= 11 is 1.19. The molecular weight excluding hydrogens is 265 g/mol. The van der Waals surface area contributed by atoms with E-state index in [0.29, 0.717) is 4.96 Å². The molecule has 3 rings (SSSR count). The Kier molecular flexibility index (Phi) is 2.92. The van der Waals surface area contributed by atoms with Gasteiger partial charge in [-0.15, -0.1) is 0 Å². The summed E-state index contributed by atoms with van der Waals surface area (Å²) in [5, 5.41) is 3.73. The molecular formula is C13H8FN3OS. The highest BCUT2D eigenvalue weighted by Crippen LogP contribution is 2.10. The molecule has 0 unspecified atom stereocenters. The third-order valence-electron chi connectivity index (χ3n) is 2.56. The second-order valence-electron chi connectivity index (χ2n) is 3.79. The molecule has 0 aliphatic heterocycles. The minimum Gasteiger partial charge on any atom is -0.264 e. The third-order valence-corrected chi connectivity index (χ3v) is 3.23. The maximum atomic E-state index is 13.8. The fraction of sp³-hybridized carbons (Fsp3) is 0. The van der Waals surface area contributed by atoms with Gasteiger partial charge >= 0.3 is 5.56 Å². The van der Waals surface area contributed by atoms with Crippen LogP contribution >= 0.6 is 11.3 Å². The lowest BCUT2D eigenvalue weighted by molar-refractivity contribution is 0.587. The Morgan fingerprint density at radius 3 is 2.79 bits per heavy atom. The van der Waals surface area contributed by atoms with Crippen molar-refractivity contribution in [3.05, 3.63) is 63.3 Å². The number of halogens is 1. The standard InChI is InChI=1S/C13H8FN3OS/c14-11-10(7-6-9-4-2-1-3-5-9)16-13-17(12(11)18)15-8-19-13/h1-8H/b7-6+. The molecule has 4 nitrogen and oxygen atoms in total. The van der Waals surface area contributed by atoms with Crippen molar-refractivity contribution in [1.82, 2.24) is 14.6 Å². The zero-order chi connectivity index (χ0) is 13.2. The fourth-order valence-corrected chi connectivity index (χ4v) is 2.25. The molecule has 0 amide bonds. The lowest BCUT2D eigenvalue weighted by Crippen LogP contribution is -2.20. The van der Waals surface area contributed by atoms with E-state index in [2.05, 4.69) is 10.1 Å². The average Bonchev–Trinajstić information content (AvgIpc) is 2.91. The molecule has 2 aromatic heterocycles. The molecule has 0 atom stereocenters. The van der Waals surface area contributed by atoms with Crippen LogP contribution in [-0.4, -0.2) is 14.6 Å². The highest BCUT2D eigenvalue weighted by Gasteiger charge is 2.11. The van der Waals surface area contributed by atoms with E-state index in [4.69, 9.17) is 0 Å². The summed E-state index contributed by atoms with van der Waals surface area (Å²) in [7, 11) is 0. The predicted molar refractivity (Wildman–Crippen MR) is 72.5 cm³/mol. The van der Waals surface area contributed by atoms with Crippen molar-refractivity contribution in [3.63, 3.8) is 0 Å². The number of hydrogen-bond donors (Lipinski definition) is 0. The molecule has 0 aliphatic carbocycles. The molecule has 6 heteroatoms. The largest absolute Gasteiger partial charge is 0.311 e. The summed E-state index contributed by atoms with van der Waals surface area (Å²) in [6.07, 6.45) is 3.20. The van der Waals surface area contributed by atoms with Gasteiger partial charge in [0.1, 0.15) is 11.2 Å². The minimum absolute atomic E-state index is 0.0260. The van der Waals surface area contributed by atoms with E-state index in [1.165, 1.54) is 22.9 Å². The van der Waals surface area contributed by atoms with Crippen molar-refractivity contribution >= 4 is 28.4 Å². The number of hydrogen-bond acceptors (Lipinski definition) is 4. The van der Waals surface area contributed by atoms with Crippen LogP contribution in [-0.2, 0) is 0 Å². The summed E-state index contributed by atoms with van der Waals surface area (Å²) in [5.74, 6) is -0.893. The van der Waals surface area contributed by atoms with Gasteiger partial charge in [0.25, 0.3) is 0 Å². The topological polar surface area (TPSA) is 47.3 Å². The van der Waals surface area contributed by atoms with E-state index in [1.54, 1.807) is 6.08 Å². The second-order valence-corrected chi connectivity index (χ2v) is 4.60. The van der Waals surface area contributed by atoms with Gasteiger partial charge in [-0.3, -0.25) is 4.79 Å². The maximum absolute atomic E-state index is 13.8. The van der Waals surface area contributed by atoms with Gasteiger partial charge in [-0.05, 0) is 11.6 Å². The number of fused-ring (bicyclic) bond motifs is 1. The van der Waals surface area contributed by atoms with Crippen LogP contribution in [0.15, 0.2) is 40.6 Å². The molecule has 0 radical (unpaired) electrons. The summed E-state index contributed by atoms with van der Waals surface area (Å²) in [5.41, 5.74) is 1.61. The Labute approximate surface area is 111 Å². The molecule has 94 valence electrons. The molecule has 0 spiro atoms. The predicted octanol–water partition coefficient (Wildman–Crippen LogP) is 2.46. The van der Waals surface area contributed by atoms with Gasteiger partial charge in [0.2, 0.25) is 10.8 Å². The van der Waals surface area contributed by atoms with Crippen molar-refractivity contribution < 1.29 is 4.39 Å². The summed E-state index contributed by atoms with van der Waals surface area (Å²) in [6, 6.07) is 9.42. The number of nitrogens with zero attached hydrogens (tertiary/aromatic N) is 3. The van der Waals surface area contributed by atoms with Crippen molar-refractivity contribution in [2.24, 2.45) is 0 Å². The van der Waals surface area contributed by atoms with Gasteiger partial charge in [-0.2, -0.15) is 14.0 Å². The first-order valence-corrected chi connectivity index (χ1v) is 6.39. The Balaban J connectivity index is 2.08. The monoisotopic (exact) mass is 273 g/mol. The molecule has 2 heterocycles. The molecule has 0 N–H and O–H groups in total. The maximum Gasteiger partial charge on any atom is 0.311 e. The van der Waals surface area contributed by atoms with E-state index in [9.17, 15) is 9.18 Å². The van der Waals surface area contributed by atoms with Crippen LogP contribution in [0.5, 0.6) is 0 Å². The zero-order valence-electron chi connectivity index (χ0n) is 9.65. The first kappa shape index (κ1) is 11.7. The molecule has 0 saturated heterocycles. The number of benzene rings is 1. The van der Waals surface area contributed by atoms with Crippen LogP contribution < -0.4 is 5.56 Å². The van der Waals surface area contributed by atoms with Crippen LogP contribution in [0.2, 0.25) is 0 Å². The van der Waals surface area contributed by atoms with Crippen molar-refractivity contribution in [2.75, 3.05) is 0 Å². The summed E-state index contributed by atoms with van der Waals surface area (Å²) in [4.78, 5) is 16.1. The molecule has 0 bridgehead atoms. The molecule has 1 aromatic carbocycles. The quantitative estimate of drug-likeness (QED) is 0.720. The van der Waals surface area contributed by atoms with Crippen LogP contribution in [0, 0.1) is 5.82 Å². The van der Waals surface area contributed by atoms with Crippen LogP contribution in [0.3, 0.4) is 0 Å². The van der Waals surface area contributed by atoms with E-state index >= 15 is 0 Å². The van der Waals surface area contributed by atoms with Gasteiger partial charge in [-0.1, -0.05) is 47.7 Å². The van der Waals surface area contributed by atoms with Crippen LogP contribution in [0.25, 0.3) is 17.1 Å². The Hall–Kier alpha value is -2.34. The highest BCUT2D eigenvalue weighted by molar-refractivity contribution is 7.14. The molecule has 0 fully saturated rings. The number of rotatable bonds is 2. The van der Waals surface area contributed by atoms with Crippen molar-refractivity contribution in [1.29, 1.82) is 0 Å². The molecule has 0 saturated carbocycles. The first-order valence-electron chi connectivity index (χ1n) is 5.51. The van der Waals surface area contributed by atoms with Crippen LogP contribution in [0.1, 0.15) is 11.3 Å². The number of aromatic nitrogens is 3. The van der Waals surface area contributed by atoms with E-state index in [0.717, 1.165) is 10.1 Å². The second kappa shape index (κ2) is 4.74. The van der Waals surface area contributed by atoms with Crippen molar-refractivity contribution in [2.45, 2.75) is 0 Å². The van der Waals surface area contributed by atoms with Gasteiger partial charge < -0.3 is 0 Å².